The molecule has 0 spiro atoms. The maximum Gasteiger partial charge on any atom is 0.127 e. The number of nitrogens with one attached hydrogen (secondary N) is 1. The minimum absolute atomic E-state index is 0.143. The highest BCUT2D eigenvalue weighted by molar-refractivity contribution is 9.10. The summed E-state index contributed by atoms with van der Waals surface area (Å²) < 4.78 is 6.67. The number of rotatable bonds is 3. The van der Waals surface area contributed by atoms with Crippen molar-refractivity contribution >= 4 is 15.9 Å². The van der Waals surface area contributed by atoms with Gasteiger partial charge in [-0.25, -0.2) is 0 Å². The van der Waals surface area contributed by atoms with Gasteiger partial charge in [-0.2, -0.15) is 5.26 Å². The largest absolute Gasteiger partial charge is 0.493 e. The van der Waals surface area contributed by atoms with E-state index in [0.717, 1.165) is 28.8 Å². The van der Waals surface area contributed by atoms with Crippen LogP contribution < -0.4 is 10.1 Å². The number of nitriles is 1. The number of fused-ring (bicyclic) bond motifs is 1. The van der Waals surface area contributed by atoms with Crippen molar-refractivity contribution < 1.29 is 4.74 Å². The summed E-state index contributed by atoms with van der Waals surface area (Å²) in [4.78, 5) is 0. The number of halogens is 1. The Morgan fingerprint density at radius 2 is 2.44 bits per heavy atom. The first kappa shape index (κ1) is 11.4. The van der Waals surface area contributed by atoms with Crippen molar-refractivity contribution in [3.8, 4) is 11.8 Å². The van der Waals surface area contributed by atoms with Crippen molar-refractivity contribution in [1.82, 2.24) is 5.32 Å². The van der Waals surface area contributed by atoms with Crippen LogP contribution in [-0.2, 0) is 13.0 Å². The van der Waals surface area contributed by atoms with Gasteiger partial charge in [-0.05, 0) is 24.6 Å². The lowest BCUT2D eigenvalue weighted by molar-refractivity contribution is 0.352. The van der Waals surface area contributed by atoms with Gasteiger partial charge in [0.05, 0.1) is 18.7 Å². The molecule has 1 unspecified atom stereocenters. The van der Waals surface area contributed by atoms with Gasteiger partial charge in [-0.1, -0.05) is 15.9 Å². The normalized spacial score (nSPS) is 15.1. The average Bonchev–Trinajstić information content (AvgIpc) is 2.73. The second-order valence-electron chi connectivity index (χ2n) is 3.88. The molecule has 0 fully saturated rings. The lowest BCUT2D eigenvalue weighted by Gasteiger charge is -2.11. The standard InChI is InChI=1S/C12H13BrN2O/c1-8(6-14)15-7-10-5-11(13)4-9-2-3-16-12(9)10/h4-5,8,15H,2-3,7H2,1H3. The first-order valence-corrected chi connectivity index (χ1v) is 6.07. The van der Waals surface area contributed by atoms with Gasteiger partial charge in [0.25, 0.3) is 0 Å². The zero-order valence-electron chi connectivity index (χ0n) is 9.09. The Hall–Kier alpha value is -1.05. The van der Waals surface area contributed by atoms with Crippen LogP contribution >= 0.6 is 15.9 Å². The number of benzene rings is 1. The van der Waals surface area contributed by atoms with Crippen LogP contribution in [0.15, 0.2) is 16.6 Å². The molecule has 16 heavy (non-hydrogen) atoms. The van der Waals surface area contributed by atoms with Gasteiger partial charge in [-0.15, -0.1) is 0 Å². The molecule has 1 heterocycles. The molecule has 1 N–H and O–H groups in total. The molecule has 0 aliphatic carbocycles. The van der Waals surface area contributed by atoms with Crippen LogP contribution in [0.5, 0.6) is 5.75 Å². The fourth-order valence-electron chi connectivity index (χ4n) is 1.79. The molecule has 0 aromatic heterocycles. The van der Waals surface area contributed by atoms with E-state index in [2.05, 4.69) is 33.4 Å². The molecule has 0 radical (unpaired) electrons. The second kappa shape index (κ2) is 4.86. The third-order valence-electron chi connectivity index (χ3n) is 2.62. The van der Waals surface area contributed by atoms with Gasteiger partial charge in [0.2, 0.25) is 0 Å². The predicted molar refractivity (Wildman–Crippen MR) is 65.3 cm³/mol. The monoisotopic (exact) mass is 280 g/mol. The van der Waals surface area contributed by atoms with Crippen molar-refractivity contribution in [1.29, 1.82) is 5.26 Å². The average molecular weight is 281 g/mol. The zero-order valence-corrected chi connectivity index (χ0v) is 10.7. The highest BCUT2D eigenvalue weighted by atomic mass is 79.9. The highest BCUT2D eigenvalue weighted by Crippen LogP contribution is 2.32. The Labute approximate surface area is 104 Å². The third-order valence-corrected chi connectivity index (χ3v) is 3.08. The molecule has 0 amide bonds. The maximum absolute atomic E-state index is 8.71. The van der Waals surface area contributed by atoms with E-state index in [1.165, 1.54) is 5.56 Å². The van der Waals surface area contributed by atoms with Crippen LogP contribution in [0.4, 0.5) is 0 Å². The van der Waals surface area contributed by atoms with E-state index in [9.17, 15) is 0 Å². The zero-order chi connectivity index (χ0) is 11.5. The Balaban J connectivity index is 2.18. The van der Waals surface area contributed by atoms with Crippen LogP contribution in [0.25, 0.3) is 0 Å². The SMILES string of the molecule is CC(C#N)NCc1cc(Br)cc2c1OCC2. The molecular formula is C12H13BrN2O. The quantitative estimate of drug-likeness (QED) is 0.925. The van der Waals surface area contributed by atoms with Gasteiger partial charge in [-0.3, -0.25) is 5.32 Å². The Morgan fingerprint density at radius 1 is 1.62 bits per heavy atom. The maximum atomic E-state index is 8.71. The van der Waals surface area contributed by atoms with E-state index in [-0.39, 0.29) is 6.04 Å². The van der Waals surface area contributed by atoms with Crippen molar-refractivity contribution in [3.63, 3.8) is 0 Å². The van der Waals surface area contributed by atoms with Crippen LogP contribution in [0, 0.1) is 11.3 Å². The fourth-order valence-corrected chi connectivity index (χ4v) is 2.34. The van der Waals surface area contributed by atoms with E-state index in [1.54, 1.807) is 0 Å². The summed E-state index contributed by atoms with van der Waals surface area (Å²) in [5.41, 5.74) is 2.36. The van der Waals surface area contributed by atoms with Crippen molar-refractivity contribution in [2.24, 2.45) is 0 Å². The van der Waals surface area contributed by atoms with Crippen LogP contribution in [0.3, 0.4) is 0 Å². The highest BCUT2D eigenvalue weighted by Gasteiger charge is 2.17. The molecule has 1 aromatic rings. The third kappa shape index (κ3) is 2.37. The molecule has 0 saturated heterocycles. The molecular weight excluding hydrogens is 268 g/mol. The predicted octanol–water partition coefficient (Wildman–Crippen LogP) is 2.39. The molecule has 2 rings (SSSR count). The summed E-state index contributed by atoms with van der Waals surface area (Å²) in [5, 5.41) is 11.9. The number of ether oxygens (including phenoxy) is 1. The van der Waals surface area contributed by atoms with Crippen molar-refractivity contribution in [3.05, 3.63) is 27.7 Å². The van der Waals surface area contributed by atoms with E-state index < -0.39 is 0 Å². The summed E-state index contributed by atoms with van der Waals surface area (Å²) in [7, 11) is 0. The van der Waals surface area contributed by atoms with Crippen LogP contribution in [0.1, 0.15) is 18.1 Å². The summed E-state index contributed by atoms with van der Waals surface area (Å²) in [6.45, 7) is 3.27. The minimum atomic E-state index is -0.143. The van der Waals surface area contributed by atoms with Gasteiger partial charge >= 0.3 is 0 Å². The van der Waals surface area contributed by atoms with E-state index >= 15 is 0 Å². The summed E-state index contributed by atoms with van der Waals surface area (Å²) in [5.74, 6) is 0.987. The lowest BCUT2D eigenvalue weighted by Crippen LogP contribution is -2.23. The molecule has 1 aromatic carbocycles. The number of hydrogen-bond acceptors (Lipinski definition) is 3. The smallest absolute Gasteiger partial charge is 0.127 e. The van der Waals surface area contributed by atoms with Gasteiger partial charge in [0.1, 0.15) is 5.75 Å². The Morgan fingerprint density at radius 3 is 3.19 bits per heavy atom. The van der Waals surface area contributed by atoms with Crippen molar-refractivity contribution in [2.75, 3.05) is 6.61 Å². The minimum Gasteiger partial charge on any atom is -0.493 e. The Kier molecular flexibility index (Phi) is 3.47. The molecule has 3 nitrogen and oxygen atoms in total. The van der Waals surface area contributed by atoms with Crippen LogP contribution in [0.2, 0.25) is 0 Å². The molecule has 1 atom stereocenters. The van der Waals surface area contributed by atoms with E-state index in [1.807, 2.05) is 13.0 Å². The Bertz CT molecular complexity index is 439. The number of hydrogen-bond donors (Lipinski definition) is 1. The first-order valence-electron chi connectivity index (χ1n) is 5.28. The molecule has 1 aliphatic rings. The van der Waals surface area contributed by atoms with Crippen molar-refractivity contribution in [2.45, 2.75) is 25.9 Å². The summed E-state index contributed by atoms with van der Waals surface area (Å²) >= 11 is 3.49. The molecule has 0 bridgehead atoms. The summed E-state index contributed by atoms with van der Waals surface area (Å²) in [6, 6.07) is 6.15. The van der Waals surface area contributed by atoms with E-state index in [4.69, 9.17) is 10.00 Å². The summed E-state index contributed by atoms with van der Waals surface area (Å²) in [6.07, 6.45) is 0.968. The van der Waals surface area contributed by atoms with Gasteiger partial charge in [0.15, 0.2) is 0 Å². The van der Waals surface area contributed by atoms with E-state index in [0.29, 0.717) is 6.54 Å². The molecule has 1 aliphatic heterocycles. The van der Waals surface area contributed by atoms with Crippen LogP contribution in [-0.4, -0.2) is 12.6 Å². The lowest BCUT2D eigenvalue weighted by atomic mass is 10.1. The topological polar surface area (TPSA) is 45.0 Å². The second-order valence-corrected chi connectivity index (χ2v) is 4.80. The molecule has 84 valence electrons. The molecule has 0 saturated carbocycles. The fraction of sp³-hybridized carbons (Fsp3) is 0.417. The molecule has 4 heteroatoms. The first-order chi connectivity index (χ1) is 7.70. The van der Waals surface area contributed by atoms with Gasteiger partial charge < -0.3 is 4.74 Å². The van der Waals surface area contributed by atoms with Gasteiger partial charge in [0, 0.05) is 23.0 Å². The number of nitrogens with zero attached hydrogens (tertiary/aromatic N) is 1.